The maximum Gasteiger partial charge on any atom is 0.381 e. The van der Waals surface area contributed by atoms with E-state index >= 15 is 0 Å². The Morgan fingerprint density at radius 2 is 1.96 bits per heavy atom. The molecule has 0 bridgehead atoms. The van der Waals surface area contributed by atoms with E-state index in [9.17, 15) is 9.59 Å². The van der Waals surface area contributed by atoms with E-state index in [0.717, 1.165) is 0 Å². The summed E-state index contributed by atoms with van der Waals surface area (Å²) in [5, 5.41) is 8.66. The van der Waals surface area contributed by atoms with Crippen LogP contribution in [0.25, 0.3) is 0 Å². The molecule has 0 radical (unpaired) electrons. The van der Waals surface area contributed by atoms with Crippen LogP contribution in [0.2, 0.25) is 0 Å². The highest BCUT2D eigenvalue weighted by molar-refractivity contribution is 9.10. The second-order valence-corrected chi connectivity index (χ2v) is 5.73. The Hall–Kier alpha value is -1.78. The van der Waals surface area contributed by atoms with Crippen LogP contribution >= 0.6 is 15.9 Å². The number of nitrogens with zero attached hydrogens (tertiary/aromatic N) is 1. The van der Waals surface area contributed by atoms with E-state index in [4.69, 9.17) is 24.0 Å². The first-order chi connectivity index (χ1) is 11.4. The fraction of sp³-hybridized carbons (Fsp3) is 0.429. The van der Waals surface area contributed by atoms with Gasteiger partial charge in [-0.05, 0) is 29.0 Å². The lowest BCUT2D eigenvalue weighted by Gasteiger charge is -2.15. The Balaban J connectivity index is 2.73. The summed E-state index contributed by atoms with van der Waals surface area (Å²) in [4.78, 5) is 23.7. The molecule has 0 aliphatic carbocycles. The summed E-state index contributed by atoms with van der Waals surface area (Å²) in [7, 11) is 4.51. The first kappa shape index (κ1) is 20.3. The van der Waals surface area contributed by atoms with Crippen molar-refractivity contribution in [3.63, 3.8) is 0 Å². The zero-order valence-corrected chi connectivity index (χ0v) is 15.3. The molecule has 0 heterocycles. The standard InChI is InChI=1S/C14H19BBrNO7/c1-17(6-13(18)19)7-14(20)24-15-9-4-10(16)12(22-3)5-11(9)23-8-21-2/h4-5,15H,6-8H2,1-3H3,(H,18,19). The van der Waals surface area contributed by atoms with Crippen molar-refractivity contribution in [3.8, 4) is 11.5 Å². The number of halogens is 1. The number of hydrogen-bond donors (Lipinski definition) is 1. The molecule has 0 saturated heterocycles. The van der Waals surface area contributed by atoms with Crippen LogP contribution in [0.5, 0.6) is 11.5 Å². The molecular weight excluding hydrogens is 385 g/mol. The van der Waals surface area contributed by atoms with E-state index in [1.165, 1.54) is 26.2 Å². The molecule has 0 spiro atoms. The van der Waals surface area contributed by atoms with Crippen molar-refractivity contribution in [1.82, 2.24) is 4.90 Å². The SMILES string of the molecule is COCOc1cc(OC)c(Br)cc1BOC(=O)CN(C)CC(=O)O. The van der Waals surface area contributed by atoms with Crippen molar-refractivity contribution in [2.45, 2.75) is 0 Å². The van der Waals surface area contributed by atoms with Crippen LogP contribution < -0.4 is 14.9 Å². The largest absolute Gasteiger partial charge is 0.534 e. The Bertz CT molecular complexity index is 584. The van der Waals surface area contributed by atoms with Crippen molar-refractivity contribution in [3.05, 3.63) is 16.6 Å². The highest BCUT2D eigenvalue weighted by Gasteiger charge is 2.16. The van der Waals surface area contributed by atoms with Gasteiger partial charge in [-0.3, -0.25) is 14.5 Å². The number of carboxylic acid groups (broad SMARTS) is 1. The number of ether oxygens (including phenoxy) is 3. The normalized spacial score (nSPS) is 10.4. The average Bonchev–Trinajstić information content (AvgIpc) is 2.50. The van der Waals surface area contributed by atoms with E-state index in [1.807, 2.05) is 0 Å². The van der Waals surface area contributed by atoms with Gasteiger partial charge in [0.1, 0.15) is 11.5 Å². The van der Waals surface area contributed by atoms with Gasteiger partial charge in [0, 0.05) is 18.6 Å². The van der Waals surface area contributed by atoms with Gasteiger partial charge in [0.25, 0.3) is 0 Å². The summed E-state index contributed by atoms with van der Waals surface area (Å²) in [6.45, 7) is -0.337. The lowest BCUT2D eigenvalue weighted by atomic mass is 9.87. The molecule has 1 aromatic carbocycles. The molecule has 0 aliphatic heterocycles. The fourth-order valence-corrected chi connectivity index (χ4v) is 2.37. The van der Waals surface area contributed by atoms with E-state index in [0.29, 0.717) is 21.4 Å². The number of carbonyl (C=O) groups excluding carboxylic acids is 1. The number of aliphatic carboxylic acids is 1. The quantitative estimate of drug-likeness (QED) is 0.430. The molecule has 1 N–H and O–H groups in total. The summed E-state index contributed by atoms with van der Waals surface area (Å²) < 4.78 is 21.4. The van der Waals surface area contributed by atoms with Gasteiger partial charge in [-0.15, -0.1) is 0 Å². The molecule has 8 nitrogen and oxygen atoms in total. The van der Waals surface area contributed by atoms with Gasteiger partial charge in [0.15, 0.2) is 6.79 Å². The maximum atomic E-state index is 11.8. The summed E-state index contributed by atoms with van der Waals surface area (Å²) >= 11 is 3.36. The minimum atomic E-state index is -1.01. The first-order valence-corrected chi connectivity index (χ1v) is 7.70. The topological polar surface area (TPSA) is 94.5 Å². The summed E-state index contributed by atoms with van der Waals surface area (Å²) in [5.41, 5.74) is 0.619. The molecule has 0 unspecified atom stereocenters. The molecular formula is C14H19BBrNO7. The Morgan fingerprint density at radius 3 is 2.54 bits per heavy atom. The number of methoxy groups -OCH3 is 2. The van der Waals surface area contributed by atoms with Gasteiger partial charge >= 0.3 is 19.4 Å². The summed E-state index contributed by atoms with van der Waals surface area (Å²) in [6, 6.07) is 3.38. The number of likely N-dealkylation sites (N-methyl/N-ethyl adjacent to an activating group) is 1. The second kappa shape index (κ2) is 10.2. The van der Waals surface area contributed by atoms with Gasteiger partial charge < -0.3 is 24.0 Å². The van der Waals surface area contributed by atoms with Crippen LogP contribution in [-0.2, 0) is 19.0 Å². The molecule has 1 rings (SSSR count). The molecule has 132 valence electrons. The third kappa shape index (κ3) is 6.77. The van der Waals surface area contributed by atoms with Crippen LogP contribution in [0.4, 0.5) is 0 Å². The van der Waals surface area contributed by atoms with E-state index < -0.39 is 11.9 Å². The fourth-order valence-electron chi connectivity index (χ4n) is 1.81. The van der Waals surface area contributed by atoms with Gasteiger partial charge in [0.05, 0.1) is 24.7 Å². The van der Waals surface area contributed by atoms with Gasteiger partial charge in [-0.1, -0.05) is 0 Å². The third-order valence-corrected chi connectivity index (χ3v) is 3.48. The Labute approximate surface area is 149 Å². The van der Waals surface area contributed by atoms with Crippen molar-refractivity contribution >= 4 is 40.8 Å². The van der Waals surface area contributed by atoms with E-state index in [-0.39, 0.29) is 27.4 Å². The van der Waals surface area contributed by atoms with E-state index in [1.54, 1.807) is 12.1 Å². The number of carbonyl (C=O) groups is 2. The predicted octanol–water partition coefficient (Wildman–Crippen LogP) is -0.0232. The molecule has 10 heteroatoms. The maximum absolute atomic E-state index is 11.8. The van der Waals surface area contributed by atoms with Crippen molar-refractivity contribution in [2.75, 3.05) is 41.1 Å². The molecule has 0 amide bonds. The number of carboxylic acids is 1. The molecule has 0 aliphatic rings. The van der Waals surface area contributed by atoms with Crippen molar-refractivity contribution < 1.29 is 33.6 Å². The number of hydrogen-bond acceptors (Lipinski definition) is 7. The van der Waals surface area contributed by atoms with Crippen LogP contribution in [0, 0.1) is 0 Å². The lowest BCUT2D eigenvalue weighted by molar-refractivity contribution is -0.139. The summed E-state index contributed by atoms with van der Waals surface area (Å²) in [5.74, 6) is -0.524. The third-order valence-electron chi connectivity index (χ3n) is 2.86. The Kier molecular flexibility index (Phi) is 8.59. The van der Waals surface area contributed by atoms with Crippen molar-refractivity contribution in [2.24, 2.45) is 0 Å². The predicted molar refractivity (Wildman–Crippen MR) is 91.2 cm³/mol. The molecule has 0 aromatic heterocycles. The second-order valence-electron chi connectivity index (χ2n) is 4.87. The lowest BCUT2D eigenvalue weighted by Crippen LogP contribution is -2.34. The molecule has 24 heavy (non-hydrogen) atoms. The molecule has 1 aromatic rings. The smallest absolute Gasteiger partial charge is 0.381 e. The van der Waals surface area contributed by atoms with Gasteiger partial charge in [0.2, 0.25) is 0 Å². The highest BCUT2D eigenvalue weighted by Crippen LogP contribution is 2.27. The number of benzene rings is 1. The molecule has 0 saturated carbocycles. The van der Waals surface area contributed by atoms with Gasteiger partial charge in [-0.2, -0.15) is 0 Å². The zero-order valence-electron chi connectivity index (χ0n) is 13.7. The Morgan fingerprint density at radius 1 is 1.25 bits per heavy atom. The van der Waals surface area contributed by atoms with Crippen molar-refractivity contribution in [1.29, 1.82) is 0 Å². The minimum Gasteiger partial charge on any atom is -0.534 e. The average molecular weight is 404 g/mol. The monoisotopic (exact) mass is 403 g/mol. The van der Waals surface area contributed by atoms with E-state index in [2.05, 4.69) is 15.9 Å². The summed E-state index contributed by atoms with van der Waals surface area (Å²) in [6.07, 6.45) is 0. The van der Waals surface area contributed by atoms with Crippen LogP contribution in [0.15, 0.2) is 16.6 Å². The first-order valence-electron chi connectivity index (χ1n) is 6.91. The van der Waals surface area contributed by atoms with Gasteiger partial charge in [-0.25, -0.2) is 0 Å². The van der Waals surface area contributed by atoms with Crippen LogP contribution in [0.3, 0.4) is 0 Å². The van der Waals surface area contributed by atoms with Crippen LogP contribution in [-0.4, -0.2) is 70.6 Å². The van der Waals surface area contributed by atoms with Crippen LogP contribution in [0.1, 0.15) is 0 Å². The highest BCUT2D eigenvalue weighted by atomic mass is 79.9. The molecule has 0 atom stereocenters. The zero-order chi connectivity index (χ0) is 18.1. The number of rotatable bonds is 10. The minimum absolute atomic E-state index is 0.0264. The molecule has 0 fully saturated rings.